The largest absolute Gasteiger partial charge is 0.457 e. The first-order chi connectivity index (χ1) is 11.8. The molecule has 0 bridgehead atoms. The highest BCUT2D eigenvalue weighted by molar-refractivity contribution is 6.73. The van der Waals surface area contributed by atoms with Crippen molar-refractivity contribution in [3.63, 3.8) is 0 Å². The third kappa shape index (κ3) is 2.93. The van der Waals surface area contributed by atoms with Gasteiger partial charge in [-0.1, -0.05) is 40.2 Å². The second-order valence-corrected chi connectivity index (χ2v) is 13.6. The first kappa shape index (κ1) is 19.2. The third-order valence-corrected chi connectivity index (χ3v) is 12.4. The summed E-state index contributed by atoms with van der Waals surface area (Å²) in [5.41, 5.74) is 2.92. The third-order valence-electron chi connectivity index (χ3n) is 7.78. The van der Waals surface area contributed by atoms with Crippen LogP contribution >= 0.6 is 0 Å². The lowest BCUT2D eigenvalue weighted by Gasteiger charge is -2.53. The van der Waals surface area contributed by atoms with Crippen LogP contribution in [0.4, 0.5) is 0 Å². The summed E-state index contributed by atoms with van der Waals surface area (Å²) in [4.78, 5) is 12.3. The number of carbonyl (C=O) groups excluding carboxylic acids is 1. The minimum absolute atomic E-state index is 0.00354. The van der Waals surface area contributed by atoms with Crippen molar-refractivity contribution in [3.05, 3.63) is 11.1 Å². The van der Waals surface area contributed by atoms with Gasteiger partial charge in [-0.05, 0) is 56.3 Å². The van der Waals surface area contributed by atoms with Crippen molar-refractivity contribution >= 4 is 14.3 Å². The number of allylic oxidation sites excluding steroid dienone is 1. The van der Waals surface area contributed by atoms with Crippen LogP contribution in [0.2, 0.25) is 18.1 Å². The maximum atomic E-state index is 12.3. The van der Waals surface area contributed by atoms with Crippen molar-refractivity contribution in [1.82, 2.24) is 0 Å². The topological polar surface area (TPSA) is 35.5 Å². The molecule has 0 unspecified atom stereocenters. The molecule has 0 radical (unpaired) electrons. The van der Waals surface area contributed by atoms with Crippen molar-refractivity contribution in [3.8, 4) is 0 Å². The zero-order valence-corrected chi connectivity index (χ0v) is 18.0. The zero-order valence-electron chi connectivity index (χ0n) is 17.0. The molecular weight excluding hydrogens is 328 g/mol. The monoisotopic (exact) mass is 364 g/mol. The van der Waals surface area contributed by atoms with Crippen LogP contribution in [-0.2, 0) is 14.0 Å². The molecule has 142 valence electrons. The second-order valence-electron chi connectivity index (χ2n) is 8.86. The molecule has 0 aromatic carbocycles. The minimum Gasteiger partial charge on any atom is -0.457 e. The van der Waals surface area contributed by atoms with Gasteiger partial charge in [0.05, 0.1) is 12.0 Å². The molecule has 1 heterocycles. The lowest BCUT2D eigenvalue weighted by Crippen LogP contribution is -2.54. The van der Waals surface area contributed by atoms with Gasteiger partial charge in [0.2, 0.25) is 0 Å². The van der Waals surface area contributed by atoms with Crippen LogP contribution in [0.5, 0.6) is 0 Å². The second kappa shape index (κ2) is 6.84. The van der Waals surface area contributed by atoms with E-state index < -0.39 is 8.32 Å². The fourth-order valence-electron chi connectivity index (χ4n) is 5.72. The van der Waals surface area contributed by atoms with E-state index in [1.807, 2.05) is 0 Å². The zero-order chi connectivity index (χ0) is 18.4. The fraction of sp³-hybridized carbons (Fsp3) is 0.857. The van der Waals surface area contributed by atoms with E-state index >= 15 is 0 Å². The lowest BCUT2D eigenvalue weighted by molar-refractivity contribution is -0.143. The summed E-state index contributed by atoms with van der Waals surface area (Å²) >= 11 is 0. The average Bonchev–Trinajstić information content (AvgIpc) is 2.87. The molecule has 25 heavy (non-hydrogen) atoms. The van der Waals surface area contributed by atoms with Gasteiger partial charge in [0.15, 0.2) is 8.32 Å². The van der Waals surface area contributed by atoms with Gasteiger partial charge in [-0.2, -0.15) is 0 Å². The van der Waals surface area contributed by atoms with Gasteiger partial charge in [0.25, 0.3) is 0 Å². The molecule has 0 N–H and O–H groups in total. The SMILES string of the molecule is CC[Si](CC)(CC)O[C@H]1C[C@H]2[C@@H](C)C(=O)O[C@H]2C2=C(C)CCC[C@@]21C. The highest BCUT2D eigenvalue weighted by atomic mass is 28.4. The smallest absolute Gasteiger partial charge is 0.309 e. The molecule has 0 aromatic heterocycles. The summed E-state index contributed by atoms with van der Waals surface area (Å²) in [5, 5.41) is 0. The van der Waals surface area contributed by atoms with Gasteiger partial charge in [0.1, 0.15) is 6.10 Å². The van der Waals surface area contributed by atoms with E-state index in [-0.39, 0.29) is 29.5 Å². The number of hydrogen-bond acceptors (Lipinski definition) is 3. The van der Waals surface area contributed by atoms with Crippen LogP contribution < -0.4 is 0 Å². The standard InChI is InChI=1S/C21H36O3Si/c1-7-25(8-2,9-3)24-17-13-16-15(5)20(22)23-19(16)18-14(4)11-10-12-21(17,18)6/h15-17,19H,7-13H2,1-6H3/t15-,16+,17+,19-,21-/m1/s1. The van der Waals surface area contributed by atoms with Crippen molar-refractivity contribution in [1.29, 1.82) is 0 Å². The van der Waals surface area contributed by atoms with Gasteiger partial charge in [-0.25, -0.2) is 0 Å². The molecule has 0 aromatic rings. The van der Waals surface area contributed by atoms with Crippen molar-refractivity contribution in [2.75, 3.05) is 0 Å². The van der Waals surface area contributed by atoms with Crippen LogP contribution in [0, 0.1) is 17.3 Å². The Hall–Kier alpha value is -0.613. The number of ether oxygens (including phenoxy) is 1. The molecule has 0 spiro atoms. The Labute approximate surface area is 154 Å². The first-order valence-corrected chi connectivity index (χ1v) is 12.9. The summed E-state index contributed by atoms with van der Waals surface area (Å²) in [5.74, 6) is 0.295. The molecule has 1 saturated carbocycles. The minimum atomic E-state index is -1.68. The molecule has 5 atom stereocenters. The molecule has 2 aliphatic carbocycles. The van der Waals surface area contributed by atoms with E-state index in [2.05, 4.69) is 41.5 Å². The predicted molar refractivity (Wildman–Crippen MR) is 104 cm³/mol. The van der Waals surface area contributed by atoms with Gasteiger partial charge >= 0.3 is 5.97 Å². The van der Waals surface area contributed by atoms with E-state index in [4.69, 9.17) is 9.16 Å². The maximum Gasteiger partial charge on any atom is 0.309 e. The quantitative estimate of drug-likeness (QED) is 0.369. The molecular formula is C21H36O3Si. The number of rotatable bonds is 5. The highest BCUT2D eigenvalue weighted by Crippen LogP contribution is 2.57. The van der Waals surface area contributed by atoms with E-state index in [0.29, 0.717) is 5.92 Å². The number of hydrogen-bond donors (Lipinski definition) is 0. The normalized spacial score (nSPS) is 38.4. The van der Waals surface area contributed by atoms with Gasteiger partial charge < -0.3 is 9.16 Å². The van der Waals surface area contributed by atoms with Crippen LogP contribution in [0.25, 0.3) is 0 Å². The molecule has 1 aliphatic heterocycles. The Kier molecular flexibility index (Phi) is 5.24. The molecule has 2 fully saturated rings. The predicted octanol–water partition coefficient (Wildman–Crippen LogP) is 5.46. The lowest BCUT2D eigenvalue weighted by atomic mass is 9.58. The molecule has 1 saturated heterocycles. The molecule has 3 nitrogen and oxygen atoms in total. The molecule has 3 rings (SSSR count). The molecule has 0 amide bonds. The summed E-state index contributed by atoms with van der Waals surface area (Å²) in [6.07, 6.45) is 4.78. The van der Waals surface area contributed by atoms with Crippen LogP contribution in [0.15, 0.2) is 11.1 Å². The Bertz CT molecular complexity index is 557. The Morgan fingerprint density at radius 3 is 2.48 bits per heavy atom. The summed E-state index contributed by atoms with van der Waals surface area (Å²) in [6.45, 7) is 13.6. The first-order valence-electron chi connectivity index (χ1n) is 10.4. The van der Waals surface area contributed by atoms with Gasteiger partial charge in [-0.15, -0.1) is 0 Å². The number of carbonyl (C=O) groups is 1. The van der Waals surface area contributed by atoms with E-state index in [0.717, 1.165) is 12.8 Å². The van der Waals surface area contributed by atoms with E-state index in [1.165, 1.54) is 42.1 Å². The highest BCUT2D eigenvalue weighted by Gasteiger charge is 2.58. The maximum absolute atomic E-state index is 12.3. The number of esters is 1. The summed E-state index contributed by atoms with van der Waals surface area (Å²) in [7, 11) is -1.68. The van der Waals surface area contributed by atoms with Crippen molar-refractivity contribution < 1.29 is 14.0 Å². The fourth-order valence-corrected chi connectivity index (χ4v) is 8.68. The Morgan fingerprint density at radius 2 is 1.88 bits per heavy atom. The van der Waals surface area contributed by atoms with Crippen LogP contribution in [-0.4, -0.2) is 26.5 Å². The van der Waals surface area contributed by atoms with E-state index in [1.54, 1.807) is 0 Å². The number of fused-ring (bicyclic) bond motifs is 3. The van der Waals surface area contributed by atoms with Crippen molar-refractivity contribution in [2.45, 2.75) is 97.6 Å². The summed E-state index contributed by atoms with van der Waals surface area (Å²) < 4.78 is 13.0. The van der Waals surface area contributed by atoms with Crippen LogP contribution in [0.1, 0.15) is 67.2 Å². The van der Waals surface area contributed by atoms with Gasteiger partial charge in [-0.3, -0.25) is 4.79 Å². The van der Waals surface area contributed by atoms with Crippen molar-refractivity contribution in [2.24, 2.45) is 17.3 Å². The molecule has 4 heteroatoms. The van der Waals surface area contributed by atoms with Gasteiger partial charge in [0, 0.05) is 11.3 Å². The van der Waals surface area contributed by atoms with E-state index in [9.17, 15) is 4.79 Å². The van der Waals surface area contributed by atoms with Crippen LogP contribution in [0.3, 0.4) is 0 Å². The summed E-state index contributed by atoms with van der Waals surface area (Å²) in [6, 6.07) is 3.55. The molecule has 3 aliphatic rings. The average molecular weight is 365 g/mol. The Morgan fingerprint density at radius 1 is 1.24 bits per heavy atom. The Balaban J connectivity index is 2.01.